The molecule has 2 rings (SSSR count). The van der Waals surface area contributed by atoms with Gasteiger partial charge in [0.15, 0.2) is 0 Å². The molecule has 0 spiro atoms. The third kappa shape index (κ3) is 3.88. The molecule has 0 unspecified atom stereocenters. The first-order chi connectivity index (χ1) is 9.65. The zero-order valence-electron chi connectivity index (χ0n) is 10.7. The van der Waals surface area contributed by atoms with Crippen molar-refractivity contribution in [1.82, 2.24) is 0 Å². The highest BCUT2D eigenvalue weighted by molar-refractivity contribution is 5.87. The molecule has 4 heteroatoms. The average molecular weight is 270 g/mol. The number of ether oxygens (including phenoxy) is 1. The first-order valence-electron chi connectivity index (χ1n) is 6.06. The van der Waals surface area contributed by atoms with Crippen LogP contribution >= 0.6 is 0 Å². The molecule has 2 aromatic carbocycles. The van der Waals surface area contributed by atoms with Crippen molar-refractivity contribution in [2.24, 2.45) is 0 Å². The number of carbonyl (C=O) groups excluding carboxylic acids is 1. The minimum atomic E-state index is -0.517. The van der Waals surface area contributed by atoms with E-state index in [0.29, 0.717) is 5.56 Å². The van der Waals surface area contributed by atoms with E-state index >= 15 is 0 Å². The molecule has 0 saturated heterocycles. The molecule has 0 aromatic heterocycles. The minimum absolute atomic E-state index is 0.0140. The van der Waals surface area contributed by atoms with Crippen molar-refractivity contribution in [2.45, 2.75) is 6.61 Å². The minimum Gasteiger partial charge on any atom is -0.508 e. The first kappa shape index (κ1) is 13.7. The van der Waals surface area contributed by atoms with Gasteiger partial charge < -0.3 is 14.9 Å². The van der Waals surface area contributed by atoms with E-state index < -0.39 is 5.97 Å². The Hall–Kier alpha value is -2.75. The smallest absolute Gasteiger partial charge is 0.331 e. The molecule has 2 N–H and O–H groups in total. The molecular formula is C16H14O4. The second-order valence-electron chi connectivity index (χ2n) is 4.17. The molecule has 0 radical (unpaired) electrons. The molecule has 0 saturated carbocycles. The van der Waals surface area contributed by atoms with Crippen LogP contribution in [-0.4, -0.2) is 16.2 Å². The summed E-state index contributed by atoms with van der Waals surface area (Å²) in [6, 6.07) is 13.4. The molecule has 20 heavy (non-hydrogen) atoms. The van der Waals surface area contributed by atoms with Crippen molar-refractivity contribution < 1.29 is 19.7 Å². The summed E-state index contributed by atoms with van der Waals surface area (Å²) in [5.41, 5.74) is 1.25. The zero-order valence-corrected chi connectivity index (χ0v) is 10.7. The molecule has 102 valence electrons. The van der Waals surface area contributed by atoms with Crippen LogP contribution in [0.3, 0.4) is 0 Å². The van der Waals surface area contributed by atoms with Gasteiger partial charge in [0, 0.05) is 11.6 Å². The van der Waals surface area contributed by atoms with Crippen LogP contribution in [-0.2, 0) is 16.1 Å². The molecule has 0 aliphatic carbocycles. The van der Waals surface area contributed by atoms with Crippen LogP contribution in [0.2, 0.25) is 0 Å². The third-order valence-electron chi connectivity index (χ3n) is 2.63. The van der Waals surface area contributed by atoms with Crippen molar-refractivity contribution in [3.63, 3.8) is 0 Å². The Balaban J connectivity index is 1.94. The normalized spacial score (nSPS) is 10.6. The van der Waals surface area contributed by atoms with Crippen LogP contribution in [0.5, 0.6) is 11.5 Å². The van der Waals surface area contributed by atoms with E-state index in [-0.39, 0.29) is 18.1 Å². The maximum absolute atomic E-state index is 11.5. The molecule has 4 nitrogen and oxygen atoms in total. The van der Waals surface area contributed by atoms with E-state index in [1.807, 2.05) is 30.3 Å². The predicted octanol–water partition coefficient (Wildman–Crippen LogP) is 2.85. The monoisotopic (exact) mass is 270 g/mol. The quantitative estimate of drug-likeness (QED) is 0.509. The Morgan fingerprint density at radius 2 is 1.85 bits per heavy atom. The van der Waals surface area contributed by atoms with E-state index in [4.69, 9.17) is 4.74 Å². The molecule has 0 bridgehead atoms. The Morgan fingerprint density at radius 1 is 1.10 bits per heavy atom. The Morgan fingerprint density at radius 3 is 2.60 bits per heavy atom. The molecule has 0 heterocycles. The van der Waals surface area contributed by atoms with Gasteiger partial charge in [-0.1, -0.05) is 30.3 Å². The predicted molar refractivity (Wildman–Crippen MR) is 75.0 cm³/mol. The SMILES string of the molecule is O=C(/C=C/c1cc(O)ccc1O)OCc1ccccc1. The van der Waals surface area contributed by atoms with Gasteiger partial charge in [-0.15, -0.1) is 0 Å². The number of hydrogen-bond donors (Lipinski definition) is 2. The molecule has 0 fully saturated rings. The van der Waals surface area contributed by atoms with Gasteiger partial charge in [-0.25, -0.2) is 4.79 Å². The van der Waals surface area contributed by atoms with Crippen LogP contribution in [0.4, 0.5) is 0 Å². The highest BCUT2D eigenvalue weighted by Crippen LogP contribution is 2.23. The first-order valence-corrected chi connectivity index (χ1v) is 6.06. The summed E-state index contributed by atoms with van der Waals surface area (Å²) in [5.74, 6) is -0.522. The fourth-order valence-corrected chi connectivity index (χ4v) is 1.61. The summed E-state index contributed by atoms with van der Waals surface area (Å²) in [4.78, 5) is 11.5. The van der Waals surface area contributed by atoms with E-state index in [1.165, 1.54) is 30.4 Å². The molecule has 0 atom stereocenters. The number of aromatic hydroxyl groups is 2. The largest absolute Gasteiger partial charge is 0.508 e. The van der Waals surface area contributed by atoms with Gasteiger partial charge in [0.25, 0.3) is 0 Å². The summed E-state index contributed by atoms with van der Waals surface area (Å²) in [6.07, 6.45) is 2.60. The molecular weight excluding hydrogens is 256 g/mol. The summed E-state index contributed by atoms with van der Waals surface area (Å²) in [5, 5.41) is 18.8. The fraction of sp³-hybridized carbons (Fsp3) is 0.0625. The van der Waals surface area contributed by atoms with Gasteiger partial charge in [0.05, 0.1) is 0 Å². The van der Waals surface area contributed by atoms with E-state index in [1.54, 1.807) is 0 Å². The lowest BCUT2D eigenvalue weighted by atomic mass is 10.2. The van der Waals surface area contributed by atoms with Crippen LogP contribution in [0.25, 0.3) is 6.08 Å². The molecule has 0 aliphatic rings. The molecule has 0 aliphatic heterocycles. The number of phenolic OH excluding ortho intramolecular Hbond substituents is 2. The van der Waals surface area contributed by atoms with Crippen molar-refractivity contribution in [3.05, 3.63) is 65.7 Å². The van der Waals surface area contributed by atoms with Crippen LogP contribution < -0.4 is 0 Å². The molecule has 2 aromatic rings. The van der Waals surface area contributed by atoms with Gasteiger partial charge in [-0.05, 0) is 29.8 Å². The Labute approximate surface area is 116 Å². The fourth-order valence-electron chi connectivity index (χ4n) is 1.61. The van der Waals surface area contributed by atoms with Crippen molar-refractivity contribution in [2.75, 3.05) is 0 Å². The maximum Gasteiger partial charge on any atom is 0.331 e. The van der Waals surface area contributed by atoms with Crippen LogP contribution in [0.1, 0.15) is 11.1 Å². The number of rotatable bonds is 4. The molecule has 0 amide bonds. The summed E-state index contributed by atoms with van der Waals surface area (Å²) in [6.45, 7) is 0.191. The van der Waals surface area contributed by atoms with Crippen molar-refractivity contribution in [1.29, 1.82) is 0 Å². The summed E-state index contributed by atoms with van der Waals surface area (Å²) in [7, 11) is 0. The van der Waals surface area contributed by atoms with Gasteiger partial charge >= 0.3 is 5.97 Å². The van der Waals surface area contributed by atoms with Gasteiger partial charge in [0.2, 0.25) is 0 Å². The highest BCUT2D eigenvalue weighted by atomic mass is 16.5. The van der Waals surface area contributed by atoms with E-state index in [0.717, 1.165) is 5.56 Å². The van der Waals surface area contributed by atoms with Gasteiger partial charge in [-0.2, -0.15) is 0 Å². The van der Waals surface area contributed by atoms with Crippen LogP contribution in [0.15, 0.2) is 54.6 Å². The van der Waals surface area contributed by atoms with Crippen LogP contribution in [0, 0.1) is 0 Å². The van der Waals surface area contributed by atoms with Gasteiger partial charge in [-0.3, -0.25) is 0 Å². The maximum atomic E-state index is 11.5. The lowest BCUT2D eigenvalue weighted by molar-refractivity contribution is -0.138. The topological polar surface area (TPSA) is 66.8 Å². The summed E-state index contributed by atoms with van der Waals surface area (Å²) >= 11 is 0. The Bertz CT molecular complexity index is 618. The number of hydrogen-bond acceptors (Lipinski definition) is 4. The standard InChI is InChI=1S/C16H14O4/c17-14-7-8-15(18)13(10-14)6-9-16(19)20-11-12-4-2-1-3-5-12/h1-10,17-18H,11H2/b9-6+. The van der Waals surface area contributed by atoms with Gasteiger partial charge in [0.1, 0.15) is 18.1 Å². The summed E-state index contributed by atoms with van der Waals surface area (Å²) < 4.78 is 5.05. The van der Waals surface area contributed by atoms with E-state index in [2.05, 4.69) is 0 Å². The number of benzene rings is 2. The number of carbonyl (C=O) groups is 1. The lowest BCUT2D eigenvalue weighted by Gasteiger charge is -2.02. The second-order valence-corrected chi connectivity index (χ2v) is 4.17. The van der Waals surface area contributed by atoms with Crippen molar-refractivity contribution in [3.8, 4) is 11.5 Å². The van der Waals surface area contributed by atoms with E-state index in [9.17, 15) is 15.0 Å². The number of esters is 1. The van der Waals surface area contributed by atoms with Crippen molar-refractivity contribution >= 4 is 12.0 Å². The Kier molecular flexibility index (Phi) is 4.39. The zero-order chi connectivity index (χ0) is 14.4. The third-order valence-corrected chi connectivity index (χ3v) is 2.63. The average Bonchev–Trinajstić information content (AvgIpc) is 2.47. The highest BCUT2D eigenvalue weighted by Gasteiger charge is 2.01. The second kappa shape index (κ2) is 6.43. The number of phenols is 2. The lowest BCUT2D eigenvalue weighted by Crippen LogP contribution is -2.00.